The summed E-state index contributed by atoms with van der Waals surface area (Å²) >= 11 is 3.19. The Kier molecular flexibility index (Phi) is 6.30. The van der Waals surface area contributed by atoms with Gasteiger partial charge in [-0.15, -0.1) is 23.1 Å². The van der Waals surface area contributed by atoms with E-state index in [2.05, 4.69) is 10.5 Å². The number of nitrogens with zero attached hydrogens (tertiary/aromatic N) is 2. The van der Waals surface area contributed by atoms with E-state index in [-0.39, 0.29) is 17.2 Å². The molecule has 152 valence electrons. The first-order chi connectivity index (χ1) is 14.6. The van der Waals surface area contributed by atoms with Crippen LogP contribution < -0.4 is 5.43 Å². The Bertz CT molecular complexity index is 1060. The van der Waals surface area contributed by atoms with Crippen molar-refractivity contribution in [2.75, 3.05) is 5.75 Å². The Labute approximate surface area is 183 Å². The van der Waals surface area contributed by atoms with E-state index in [1.807, 2.05) is 65.7 Å². The van der Waals surface area contributed by atoms with Crippen molar-refractivity contribution in [1.82, 2.24) is 10.3 Å². The van der Waals surface area contributed by atoms with Crippen molar-refractivity contribution in [3.8, 4) is 0 Å². The Morgan fingerprint density at radius 2 is 1.93 bits per heavy atom. The summed E-state index contributed by atoms with van der Waals surface area (Å²) in [6.07, 6.45) is 1.66. The second-order valence-corrected chi connectivity index (χ2v) is 8.98. The van der Waals surface area contributed by atoms with Crippen LogP contribution in [0.4, 0.5) is 0 Å². The first-order valence-corrected chi connectivity index (χ1v) is 11.5. The summed E-state index contributed by atoms with van der Waals surface area (Å²) in [5.74, 6) is 0.341. The molecule has 1 aromatic heterocycles. The number of benzene rings is 2. The first-order valence-electron chi connectivity index (χ1n) is 9.54. The number of hydrogen-bond donors (Lipinski definition) is 1. The smallest absolute Gasteiger partial charge is 0.271 e. The Morgan fingerprint density at radius 3 is 2.63 bits per heavy atom. The number of nitrogens with one attached hydrogen (secondary N) is 1. The van der Waals surface area contributed by atoms with Crippen LogP contribution in [-0.4, -0.2) is 28.7 Å². The third kappa shape index (κ3) is 4.63. The minimum atomic E-state index is -0.261. The summed E-state index contributed by atoms with van der Waals surface area (Å²) in [5, 5.41) is 5.99. The minimum Gasteiger partial charge on any atom is -0.322 e. The molecule has 1 atom stereocenters. The van der Waals surface area contributed by atoms with E-state index < -0.39 is 0 Å². The summed E-state index contributed by atoms with van der Waals surface area (Å²) in [6, 6.07) is 19.4. The van der Waals surface area contributed by atoms with Gasteiger partial charge in [-0.2, -0.15) is 5.10 Å². The summed E-state index contributed by atoms with van der Waals surface area (Å²) < 4.78 is 0. The molecule has 1 aliphatic rings. The van der Waals surface area contributed by atoms with Gasteiger partial charge in [-0.25, -0.2) is 5.43 Å². The number of hydrogen-bond acceptors (Lipinski definition) is 5. The molecule has 1 saturated heterocycles. The second kappa shape index (κ2) is 9.28. The number of thioether (sulfide) groups is 1. The summed E-state index contributed by atoms with van der Waals surface area (Å²) in [5.41, 5.74) is 6.35. The van der Waals surface area contributed by atoms with Crippen LogP contribution >= 0.6 is 23.1 Å². The van der Waals surface area contributed by atoms with Gasteiger partial charge in [0.15, 0.2) is 0 Å². The third-order valence-electron chi connectivity index (χ3n) is 4.87. The molecule has 1 aliphatic heterocycles. The molecule has 0 saturated carbocycles. The molecule has 30 heavy (non-hydrogen) atoms. The van der Waals surface area contributed by atoms with Crippen LogP contribution in [0, 0.1) is 6.92 Å². The SMILES string of the molecule is Cc1ccsc1/C=N\NC(=O)c1ccc([C@@H]2SCC(=O)N2Cc2ccccc2)cc1. The van der Waals surface area contributed by atoms with Crippen LogP contribution in [0.15, 0.2) is 71.1 Å². The Balaban J connectivity index is 1.42. The number of aryl methyl sites for hydroxylation is 1. The van der Waals surface area contributed by atoms with Gasteiger partial charge < -0.3 is 4.90 Å². The summed E-state index contributed by atoms with van der Waals surface area (Å²) in [4.78, 5) is 27.7. The molecule has 1 fully saturated rings. The van der Waals surface area contributed by atoms with Crippen LogP contribution in [0.5, 0.6) is 0 Å². The van der Waals surface area contributed by atoms with E-state index in [4.69, 9.17) is 0 Å². The van der Waals surface area contributed by atoms with E-state index >= 15 is 0 Å². The van der Waals surface area contributed by atoms with Crippen molar-refractivity contribution >= 4 is 41.1 Å². The zero-order chi connectivity index (χ0) is 20.9. The highest BCUT2D eigenvalue weighted by Gasteiger charge is 2.32. The number of carbonyl (C=O) groups excluding carboxylic acids is 2. The van der Waals surface area contributed by atoms with Crippen molar-refractivity contribution in [2.45, 2.75) is 18.8 Å². The monoisotopic (exact) mass is 435 g/mol. The molecule has 5 nitrogen and oxygen atoms in total. The minimum absolute atomic E-state index is 0.0466. The Hall–Kier alpha value is -2.90. The number of rotatable bonds is 6. The molecule has 0 aliphatic carbocycles. The lowest BCUT2D eigenvalue weighted by molar-refractivity contribution is -0.128. The average Bonchev–Trinajstić information content (AvgIpc) is 3.34. The maximum Gasteiger partial charge on any atom is 0.271 e. The maximum absolute atomic E-state index is 12.4. The Morgan fingerprint density at radius 1 is 1.17 bits per heavy atom. The van der Waals surface area contributed by atoms with Gasteiger partial charge >= 0.3 is 0 Å². The summed E-state index contributed by atoms with van der Waals surface area (Å²) in [7, 11) is 0. The highest BCUT2D eigenvalue weighted by atomic mass is 32.2. The van der Waals surface area contributed by atoms with Gasteiger partial charge in [0.2, 0.25) is 5.91 Å². The molecule has 7 heteroatoms. The molecule has 4 rings (SSSR count). The van der Waals surface area contributed by atoms with Gasteiger partial charge in [0, 0.05) is 17.0 Å². The largest absolute Gasteiger partial charge is 0.322 e. The quantitative estimate of drug-likeness (QED) is 0.455. The lowest BCUT2D eigenvalue weighted by atomic mass is 10.1. The standard InChI is InChI=1S/C23H21N3O2S2/c1-16-11-12-29-20(16)13-24-25-22(28)18-7-9-19(10-8-18)23-26(21(27)15-30-23)14-17-5-3-2-4-6-17/h2-13,23H,14-15H2,1H3,(H,25,28)/b24-13-/t23-/m0/s1. The lowest BCUT2D eigenvalue weighted by Gasteiger charge is -2.24. The van der Waals surface area contributed by atoms with Crippen molar-refractivity contribution in [3.63, 3.8) is 0 Å². The van der Waals surface area contributed by atoms with Crippen LogP contribution in [0.2, 0.25) is 0 Å². The highest BCUT2D eigenvalue weighted by molar-refractivity contribution is 8.00. The molecular weight excluding hydrogens is 414 g/mol. The van der Waals surface area contributed by atoms with Crippen LogP contribution in [0.3, 0.4) is 0 Å². The van der Waals surface area contributed by atoms with Crippen molar-refractivity contribution < 1.29 is 9.59 Å². The van der Waals surface area contributed by atoms with E-state index in [1.54, 1.807) is 41.4 Å². The molecule has 2 amide bonds. The maximum atomic E-state index is 12.4. The molecule has 1 N–H and O–H groups in total. The molecule has 2 aromatic carbocycles. The predicted octanol–water partition coefficient (Wildman–Crippen LogP) is 4.59. The first kappa shape index (κ1) is 20.4. The summed E-state index contributed by atoms with van der Waals surface area (Å²) in [6.45, 7) is 2.59. The fourth-order valence-electron chi connectivity index (χ4n) is 3.21. The zero-order valence-corrected chi connectivity index (χ0v) is 18.1. The molecule has 0 spiro atoms. The molecule has 3 aromatic rings. The lowest BCUT2D eigenvalue weighted by Crippen LogP contribution is -2.27. The topological polar surface area (TPSA) is 61.8 Å². The second-order valence-electron chi connectivity index (χ2n) is 6.96. The third-order valence-corrected chi connectivity index (χ3v) is 7.08. The van der Waals surface area contributed by atoms with E-state index in [1.165, 1.54) is 0 Å². The van der Waals surface area contributed by atoms with E-state index in [0.29, 0.717) is 17.9 Å². The van der Waals surface area contributed by atoms with E-state index in [9.17, 15) is 9.59 Å². The normalized spacial score (nSPS) is 16.4. The molecule has 0 bridgehead atoms. The predicted molar refractivity (Wildman–Crippen MR) is 123 cm³/mol. The van der Waals surface area contributed by atoms with Crippen molar-refractivity contribution in [1.29, 1.82) is 0 Å². The molecular formula is C23H21N3O2S2. The zero-order valence-electron chi connectivity index (χ0n) is 16.4. The van der Waals surface area contributed by atoms with Crippen molar-refractivity contribution in [3.05, 3.63) is 93.2 Å². The molecule has 2 heterocycles. The van der Waals surface area contributed by atoms with Crippen LogP contribution in [0.1, 0.15) is 37.3 Å². The van der Waals surface area contributed by atoms with Gasteiger partial charge in [0.1, 0.15) is 5.37 Å². The van der Waals surface area contributed by atoms with Crippen molar-refractivity contribution in [2.24, 2.45) is 5.10 Å². The van der Waals surface area contributed by atoms with Gasteiger partial charge in [0.25, 0.3) is 5.91 Å². The van der Waals surface area contributed by atoms with Gasteiger partial charge in [-0.3, -0.25) is 9.59 Å². The number of hydrazone groups is 1. The number of carbonyl (C=O) groups is 2. The fourth-order valence-corrected chi connectivity index (χ4v) is 5.19. The fraction of sp³-hybridized carbons (Fsp3) is 0.174. The number of amides is 2. The highest BCUT2D eigenvalue weighted by Crippen LogP contribution is 2.39. The van der Waals surface area contributed by atoms with Gasteiger partial charge in [-0.05, 0) is 47.2 Å². The molecule has 0 radical (unpaired) electrons. The van der Waals surface area contributed by atoms with Crippen LogP contribution in [0.25, 0.3) is 0 Å². The molecule has 0 unspecified atom stereocenters. The number of thiophene rings is 1. The van der Waals surface area contributed by atoms with Gasteiger partial charge in [0.05, 0.1) is 12.0 Å². The van der Waals surface area contributed by atoms with E-state index in [0.717, 1.165) is 21.6 Å². The van der Waals surface area contributed by atoms with Crippen LogP contribution in [-0.2, 0) is 11.3 Å². The van der Waals surface area contributed by atoms with Gasteiger partial charge in [-0.1, -0.05) is 42.5 Å². The average molecular weight is 436 g/mol.